The Hall–Kier alpha value is -1.48. The number of carbonyl (C=O) groups is 1. The lowest BCUT2D eigenvalue weighted by atomic mass is 10.2. The highest BCUT2D eigenvalue weighted by Crippen LogP contribution is 2.07. The van der Waals surface area contributed by atoms with Crippen LogP contribution in [0.25, 0.3) is 0 Å². The Balaban J connectivity index is 2.39. The maximum atomic E-state index is 11.1. The van der Waals surface area contributed by atoms with Crippen molar-refractivity contribution in [2.75, 3.05) is 6.61 Å². The molecule has 86 valence electrons. The van der Waals surface area contributed by atoms with Crippen molar-refractivity contribution in [3.63, 3.8) is 0 Å². The van der Waals surface area contributed by atoms with Crippen LogP contribution >= 0.6 is 11.6 Å². The Labute approximate surface area is 99.6 Å². The Morgan fingerprint density at radius 3 is 2.69 bits per heavy atom. The SMILES string of the molecule is CCOC(=O)/C(Cl)=C/OCc1ccccc1. The third-order valence-electron chi connectivity index (χ3n) is 1.75. The normalized spacial score (nSPS) is 11.0. The molecule has 1 aromatic rings. The molecular weight excluding hydrogens is 228 g/mol. The van der Waals surface area contributed by atoms with Crippen LogP contribution in [0.5, 0.6) is 0 Å². The zero-order chi connectivity index (χ0) is 11.8. The van der Waals surface area contributed by atoms with Gasteiger partial charge in [0, 0.05) is 0 Å². The Morgan fingerprint density at radius 1 is 1.38 bits per heavy atom. The minimum atomic E-state index is -0.572. The van der Waals surface area contributed by atoms with Gasteiger partial charge in [-0.3, -0.25) is 0 Å². The number of rotatable bonds is 5. The standard InChI is InChI=1S/C12H13ClO3/c1-2-16-12(14)11(13)9-15-8-10-6-4-3-5-7-10/h3-7,9H,2,8H2,1H3/b11-9-. The molecule has 1 rings (SSSR count). The second-order valence-corrected chi connectivity index (χ2v) is 3.39. The summed E-state index contributed by atoms with van der Waals surface area (Å²) < 4.78 is 9.84. The average molecular weight is 241 g/mol. The first-order valence-electron chi connectivity index (χ1n) is 4.92. The predicted molar refractivity (Wildman–Crippen MR) is 61.8 cm³/mol. The van der Waals surface area contributed by atoms with Gasteiger partial charge in [-0.15, -0.1) is 0 Å². The van der Waals surface area contributed by atoms with E-state index in [0.717, 1.165) is 5.56 Å². The maximum absolute atomic E-state index is 11.1. The van der Waals surface area contributed by atoms with Crippen LogP contribution in [0.4, 0.5) is 0 Å². The van der Waals surface area contributed by atoms with Gasteiger partial charge in [-0.2, -0.15) is 0 Å². The molecule has 0 N–H and O–H groups in total. The molecule has 0 heterocycles. The van der Waals surface area contributed by atoms with Gasteiger partial charge in [-0.1, -0.05) is 41.9 Å². The van der Waals surface area contributed by atoms with Crippen LogP contribution in [0.3, 0.4) is 0 Å². The molecule has 0 aliphatic heterocycles. The number of carbonyl (C=O) groups excluding carboxylic acids is 1. The average Bonchev–Trinajstić information content (AvgIpc) is 2.30. The van der Waals surface area contributed by atoms with Gasteiger partial charge in [0.2, 0.25) is 0 Å². The number of benzene rings is 1. The van der Waals surface area contributed by atoms with Crippen molar-refractivity contribution >= 4 is 17.6 Å². The molecule has 0 unspecified atom stereocenters. The van der Waals surface area contributed by atoms with E-state index in [-0.39, 0.29) is 5.03 Å². The van der Waals surface area contributed by atoms with E-state index in [1.807, 2.05) is 30.3 Å². The van der Waals surface area contributed by atoms with E-state index in [2.05, 4.69) is 4.74 Å². The molecule has 0 aliphatic rings. The van der Waals surface area contributed by atoms with Gasteiger partial charge in [0.25, 0.3) is 0 Å². The highest BCUT2D eigenvalue weighted by molar-refractivity contribution is 6.41. The predicted octanol–water partition coefficient (Wildman–Crippen LogP) is 2.85. The van der Waals surface area contributed by atoms with Crippen LogP contribution in [-0.2, 0) is 20.9 Å². The van der Waals surface area contributed by atoms with Gasteiger partial charge in [0.1, 0.15) is 12.9 Å². The van der Waals surface area contributed by atoms with Gasteiger partial charge in [-0.05, 0) is 12.5 Å². The first-order valence-corrected chi connectivity index (χ1v) is 5.30. The summed E-state index contributed by atoms with van der Waals surface area (Å²) in [6, 6.07) is 9.59. The minimum Gasteiger partial charge on any atom is -0.495 e. The van der Waals surface area contributed by atoms with Gasteiger partial charge in [0.15, 0.2) is 5.03 Å². The highest BCUT2D eigenvalue weighted by Gasteiger charge is 2.06. The summed E-state index contributed by atoms with van der Waals surface area (Å²) in [7, 11) is 0. The molecule has 1 aromatic carbocycles. The topological polar surface area (TPSA) is 35.5 Å². The number of esters is 1. The summed E-state index contributed by atoms with van der Waals surface area (Å²) in [6.45, 7) is 2.38. The van der Waals surface area contributed by atoms with Crippen molar-refractivity contribution in [3.8, 4) is 0 Å². The Bertz CT molecular complexity index is 360. The molecule has 0 fully saturated rings. The largest absolute Gasteiger partial charge is 0.495 e. The van der Waals surface area contributed by atoms with E-state index >= 15 is 0 Å². The third kappa shape index (κ3) is 4.36. The van der Waals surface area contributed by atoms with Crippen LogP contribution in [0.1, 0.15) is 12.5 Å². The zero-order valence-electron chi connectivity index (χ0n) is 8.98. The summed E-state index contributed by atoms with van der Waals surface area (Å²) in [5, 5.41) is -0.0576. The molecule has 4 heteroatoms. The van der Waals surface area contributed by atoms with Gasteiger partial charge in [0.05, 0.1) is 6.61 Å². The van der Waals surface area contributed by atoms with E-state index in [1.54, 1.807) is 6.92 Å². The van der Waals surface area contributed by atoms with Crippen LogP contribution in [0, 0.1) is 0 Å². The van der Waals surface area contributed by atoms with E-state index in [0.29, 0.717) is 13.2 Å². The molecule has 16 heavy (non-hydrogen) atoms. The summed E-state index contributed by atoms with van der Waals surface area (Å²) in [4.78, 5) is 11.1. The lowest BCUT2D eigenvalue weighted by Crippen LogP contribution is -2.04. The van der Waals surface area contributed by atoms with Crippen molar-refractivity contribution in [1.82, 2.24) is 0 Å². The quantitative estimate of drug-likeness (QED) is 0.451. The number of hydrogen-bond donors (Lipinski definition) is 0. The van der Waals surface area contributed by atoms with Gasteiger partial charge in [-0.25, -0.2) is 4.79 Å². The first kappa shape index (κ1) is 12.6. The second kappa shape index (κ2) is 6.90. The van der Waals surface area contributed by atoms with Crippen molar-refractivity contribution < 1.29 is 14.3 Å². The van der Waals surface area contributed by atoms with E-state index in [4.69, 9.17) is 16.3 Å². The molecule has 0 saturated carbocycles. The van der Waals surface area contributed by atoms with Gasteiger partial charge >= 0.3 is 5.97 Å². The fourth-order valence-electron chi connectivity index (χ4n) is 1.03. The molecule has 0 bridgehead atoms. The van der Waals surface area contributed by atoms with E-state index in [9.17, 15) is 4.79 Å². The number of ether oxygens (including phenoxy) is 2. The first-order chi connectivity index (χ1) is 7.74. The summed E-state index contributed by atoms with van der Waals surface area (Å²) in [6.07, 6.45) is 1.20. The molecule has 0 radical (unpaired) electrons. The molecule has 0 amide bonds. The van der Waals surface area contributed by atoms with Gasteiger partial charge < -0.3 is 9.47 Å². The molecule has 0 atom stereocenters. The molecule has 0 saturated heterocycles. The molecular formula is C12H13ClO3. The Morgan fingerprint density at radius 2 is 2.06 bits per heavy atom. The third-order valence-corrected chi connectivity index (χ3v) is 1.99. The number of hydrogen-bond acceptors (Lipinski definition) is 3. The van der Waals surface area contributed by atoms with Crippen LogP contribution in [0.2, 0.25) is 0 Å². The highest BCUT2D eigenvalue weighted by atomic mass is 35.5. The van der Waals surface area contributed by atoms with E-state index < -0.39 is 5.97 Å². The smallest absolute Gasteiger partial charge is 0.352 e. The molecule has 0 aliphatic carbocycles. The van der Waals surface area contributed by atoms with Crippen LogP contribution in [0.15, 0.2) is 41.6 Å². The van der Waals surface area contributed by atoms with Crippen molar-refractivity contribution in [2.24, 2.45) is 0 Å². The number of halogens is 1. The monoisotopic (exact) mass is 240 g/mol. The molecule has 0 aromatic heterocycles. The van der Waals surface area contributed by atoms with Crippen molar-refractivity contribution in [3.05, 3.63) is 47.2 Å². The summed E-state index contributed by atoms with van der Waals surface area (Å²) in [5.41, 5.74) is 1.01. The fraction of sp³-hybridized carbons (Fsp3) is 0.250. The summed E-state index contributed by atoms with van der Waals surface area (Å²) >= 11 is 5.64. The fourth-order valence-corrected chi connectivity index (χ4v) is 1.15. The van der Waals surface area contributed by atoms with Crippen LogP contribution < -0.4 is 0 Å². The maximum Gasteiger partial charge on any atom is 0.352 e. The van der Waals surface area contributed by atoms with Crippen LogP contribution in [-0.4, -0.2) is 12.6 Å². The van der Waals surface area contributed by atoms with E-state index in [1.165, 1.54) is 6.26 Å². The van der Waals surface area contributed by atoms with Crippen molar-refractivity contribution in [2.45, 2.75) is 13.5 Å². The van der Waals surface area contributed by atoms with Crippen molar-refractivity contribution in [1.29, 1.82) is 0 Å². The molecule has 3 nitrogen and oxygen atoms in total. The lowest BCUT2D eigenvalue weighted by molar-refractivity contribution is -0.137. The Kier molecular flexibility index (Phi) is 5.43. The summed E-state index contributed by atoms with van der Waals surface area (Å²) in [5.74, 6) is -0.572. The lowest BCUT2D eigenvalue weighted by Gasteiger charge is -2.02. The minimum absolute atomic E-state index is 0.0576. The second-order valence-electron chi connectivity index (χ2n) is 2.98. The zero-order valence-corrected chi connectivity index (χ0v) is 9.74. The molecule has 0 spiro atoms.